The van der Waals surface area contributed by atoms with E-state index in [-0.39, 0.29) is 51.5 Å². The van der Waals surface area contributed by atoms with Crippen LogP contribution in [0.15, 0.2) is 65.7 Å². The van der Waals surface area contributed by atoms with Crippen LogP contribution >= 0.6 is 11.6 Å². The predicted octanol–water partition coefficient (Wildman–Crippen LogP) is 2.25. The molecule has 41 heavy (non-hydrogen) atoms. The number of likely N-dealkylation sites (N-methyl/N-ethyl adjacent to an activating group) is 1. The van der Waals surface area contributed by atoms with E-state index in [0.29, 0.717) is 10.1 Å². The van der Waals surface area contributed by atoms with Gasteiger partial charge >= 0.3 is 0 Å². The number of ether oxygens (including phenoxy) is 2. The van der Waals surface area contributed by atoms with Crippen LogP contribution in [0.1, 0.15) is 17.7 Å². The Morgan fingerprint density at radius 2 is 1.88 bits per heavy atom. The van der Waals surface area contributed by atoms with Gasteiger partial charge in [0.25, 0.3) is 15.9 Å². The molecule has 1 unspecified atom stereocenters. The monoisotopic (exact) mass is 600 g/mol. The summed E-state index contributed by atoms with van der Waals surface area (Å²) in [5.41, 5.74) is -1.48. The molecule has 3 heterocycles. The summed E-state index contributed by atoms with van der Waals surface area (Å²) >= 11 is 6.45. The van der Waals surface area contributed by atoms with Gasteiger partial charge in [0.1, 0.15) is 16.4 Å². The smallest absolute Gasteiger partial charge is 0.274 e. The third kappa shape index (κ3) is 4.42. The molecule has 1 aromatic heterocycles. The zero-order chi connectivity index (χ0) is 29.7. The van der Waals surface area contributed by atoms with E-state index in [1.54, 1.807) is 37.2 Å². The molecule has 1 saturated heterocycles. The lowest BCUT2D eigenvalue weighted by atomic mass is 9.84. The highest BCUT2D eigenvalue weighted by atomic mass is 35.5. The molecule has 3 aromatic rings. The summed E-state index contributed by atoms with van der Waals surface area (Å²) in [6, 6.07) is 12.6. The minimum absolute atomic E-state index is 0.0275. The zero-order valence-electron chi connectivity index (χ0n) is 22.8. The maximum absolute atomic E-state index is 14.9. The van der Waals surface area contributed by atoms with Crippen LogP contribution in [0.4, 0.5) is 5.69 Å². The normalized spacial score (nSPS) is 22.5. The number of likely N-dealkylation sites (tertiary alicyclic amines) is 1. The van der Waals surface area contributed by atoms with Gasteiger partial charge in [0.2, 0.25) is 5.91 Å². The summed E-state index contributed by atoms with van der Waals surface area (Å²) in [5.74, 6) is -0.914. The van der Waals surface area contributed by atoms with Gasteiger partial charge in [-0.25, -0.2) is 12.7 Å². The van der Waals surface area contributed by atoms with Crippen molar-refractivity contribution in [3.63, 3.8) is 0 Å². The highest BCUT2D eigenvalue weighted by Crippen LogP contribution is 2.53. The number of aromatic nitrogens is 1. The van der Waals surface area contributed by atoms with Crippen LogP contribution in [0, 0.1) is 0 Å². The van der Waals surface area contributed by atoms with Gasteiger partial charge in [0.15, 0.2) is 5.54 Å². The average Bonchev–Trinajstić information content (AvgIpc) is 3.47. The topological polar surface area (TPSA) is 130 Å². The molecule has 2 aliphatic rings. The molecule has 0 saturated carbocycles. The number of aliphatic hydroxyl groups is 1. The van der Waals surface area contributed by atoms with E-state index in [4.69, 9.17) is 21.1 Å². The highest BCUT2D eigenvalue weighted by Gasteiger charge is 2.64. The van der Waals surface area contributed by atoms with Gasteiger partial charge in [-0.1, -0.05) is 17.7 Å². The number of aliphatic hydroxyl groups excluding tert-OH is 1. The Morgan fingerprint density at radius 3 is 2.51 bits per heavy atom. The van der Waals surface area contributed by atoms with Gasteiger partial charge < -0.3 is 19.5 Å². The Morgan fingerprint density at radius 1 is 1.12 bits per heavy atom. The quantitative estimate of drug-likeness (QED) is 0.434. The van der Waals surface area contributed by atoms with E-state index >= 15 is 0 Å². The molecule has 1 N–H and O–H groups in total. The Bertz CT molecular complexity index is 1620. The van der Waals surface area contributed by atoms with E-state index in [9.17, 15) is 23.1 Å². The van der Waals surface area contributed by atoms with E-state index in [1.807, 2.05) is 0 Å². The minimum Gasteiger partial charge on any atom is -0.497 e. The van der Waals surface area contributed by atoms with E-state index in [1.165, 1.54) is 61.7 Å². The number of carbonyl (C=O) groups excluding carboxylic acids is 2. The SMILES string of the molecule is COc1ccc(S(=O)(=O)N2C(=O)C(c3ccccn3)(N3C[C@H](O)C[C@H]3C(=O)N(C)C)c3cc(Cl)ccc32)c(OC)c1. The molecule has 2 aliphatic heterocycles. The third-order valence-electron chi connectivity index (χ3n) is 7.42. The van der Waals surface area contributed by atoms with Crippen LogP contribution < -0.4 is 13.8 Å². The average molecular weight is 601 g/mol. The van der Waals surface area contributed by atoms with Gasteiger partial charge in [-0.3, -0.25) is 19.5 Å². The molecule has 0 radical (unpaired) electrons. The van der Waals surface area contributed by atoms with Crippen molar-refractivity contribution in [1.82, 2.24) is 14.8 Å². The van der Waals surface area contributed by atoms with Crippen molar-refractivity contribution in [1.29, 1.82) is 0 Å². The van der Waals surface area contributed by atoms with Crippen LogP contribution in [-0.4, -0.2) is 87.1 Å². The Hall–Kier alpha value is -3.71. The summed E-state index contributed by atoms with van der Waals surface area (Å²) in [6.07, 6.45) is 0.550. The number of pyridine rings is 1. The number of amides is 2. The number of nitrogens with zero attached hydrogens (tertiary/aromatic N) is 4. The Balaban J connectivity index is 1.82. The zero-order valence-corrected chi connectivity index (χ0v) is 24.4. The maximum Gasteiger partial charge on any atom is 0.274 e. The molecular formula is C28H29ClN4O7S. The molecule has 216 valence electrons. The number of β-amino-alcohol motifs (C(OH)–C–C–N with tert-alkyl or cyclic N) is 1. The molecule has 2 amide bonds. The summed E-state index contributed by atoms with van der Waals surface area (Å²) in [7, 11) is 1.29. The van der Waals surface area contributed by atoms with Crippen molar-refractivity contribution in [3.05, 3.63) is 77.1 Å². The van der Waals surface area contributed by atoms with Gasteiger partial charge in [0.05, 0.1) is 37.7 Å². The van der Waals surface area contributed by atoms with Gasteiger partial charge in [0, 0.05) is 43.5 Å². The van der Waals surface area contributed by atoms with Crippen molar-refractivity contribution in [2.45, 2.75) is 29.0 Å². The largest absolute Gasteiger partial charge is 0.497 e. The van der Waals surface area contributed by atoms with Gasteiger partial charge in [-0.05, 0) is 48.9 Å². The molecule has 0 spiro atoms. The molecule has 0 aliphatic carbocycles. The molecule has 2 aromatic carbocycles. The summed E-state index contributed by atoms with van der Waals surface area (Å²) in [6.45, 7) is -0.0989. The minimum atomic E-state index is -4.61. The maximum atomic E-state index is 14.9. The number of sulfonamides is 1. The highest BCUT2D eigenvalue weighted by molar-refractivity contribution is 7.93. The fourth-order valence-electron chi connectivity index (χ4n) is 5.64. The lowest BCUT2D eigenvalue weighted by Crippen LogP contribution is -2.59. The number of methoxy groups -OCH3 is 2. The van der Waals surface area contributed by atoms with Crippen LogP contribution in [0.5, 0.6) is 11.5 Å². The number of hydrogen-bond acceptors (Lipinski definition) is 9. The molecule has 5 rings (SSSR count). The molecule has 13 heteroatoms. The van der Waals surface area contributed by atoms with Crippen LogP contribution in [-0.2, 0) is 25.2 Å². The van der Waals surface area contributed by atoms with Gasteiger partial charge in [-0.2, -0.15) is 0 Å². The first-order valence-corrected chi connectivity index (χ1v) is 14.5. The Kier molecular flexibility index (Phi) is 7.45. The van der Waals surface area contributed by atoms with Crippen molar-refractivity contribution >= 4 is 39.1 Å². The molecule has 0 bridgehead atoms. The molecule has 11 nitrogen and oxygen atoms in total. The van der Waals surface area contributed by atoms with Gasteiger partial charge in [-0.15, -0.1) is 0 Å². The van der Waals surface area contributed by atoms with E-state index in [2.05, 4.69) is 4.98 Å². The number of fused-ring (bicyclic) bond motifs is 1. The summed E-state index contributed by atoms with van der Waals surface area (Å²) in [4.78, 5) is 35.5. The van der Waals surface area contributed by atoms with Crippen LogP contribution in [0.2, 0.25) is 5.02 Å². The first-order chi connectivity index (χ1) is 19.5. The van der Waals surface area contributed by atoms with Crippen LogP contribution in [0.3, 0.4) is 0 Å². The lowest BCUT2D eigenvalue weighted by molar-refractivity contribution is -0.138. The number of benzene rings is 2. The fourth-order valence-corrected chi connectivity index (χ4v) is 7.41. The second kappa shape index (κ2) is 10.6. The van der Waals surface area contributed by atoms with Crippen LogP contribution in [0.25, 0.3) is 0 Å². The first-order valence-electron chi connectivity index (χ1n) is 12.7. The van der Waals surface area contributed by atoms with E-state index < -0.39 is 33.6 Å². The number of hydrogen-bond donors (Lipinski definition) is 1. The predicted molar refractivity (Wildman–Crippen MR) is 150 cm³/mol. The van der Waals surface area contributed by atoms with Crippen molar-refractivity contribution in [3.8, 4) is 11.5 Å². The molecule has 1 fully saturated rings. The van der Waals surface area contributed by atoms with Crippen molar-refractivity contribution in [2.75, 3.05) is 39.2 Å². The summed E-state index contributed by atoms with van der Waals surface area (Å²) < 4.78 is 40.1. The number of rotatable bonds is 7. The number of halogens is 1. The third-order valence-corrected chi connectivity index (χ3v) is 9.39. The lowest BCUT2D eigenvalue weighted by Gasteiger charge is -2.40. The number of carbonyl (C=O) groups is 2. The number of anilines is 1. The van der Waals surface area contributed by atoms with E-state index in [0.717, 1.165) is 0 Å². The molecular weight excluding hydrogens is 572 g/mol. The standard InChI is InChI=1S/C28H29ClN4O7S/c1-31(2)26(35)22-14-18(34)16-32(22)28(25-7-5-6-12-30-25)20-13-17(29)8-10-21(20)33(27(28)36)41(37,38)24-11-9-19(39-3)15-23(24)40-4/h5-13,15,18,22,34H,14,16H2,1-4H3/t18-,22+,28?/m1/s1. The first kappa shape index (κ1) is 28.8. The van der Waals surface area contributed by atoms with Crippen molar-refractivity contribution in [2.24, 2.45) is 0 Å². The Labute approximate surface area is 242 Å². The second-order valence-electron chi connectivity index (χ2n) is 9.97. The summed E-state index contributed by atoms with van der Waals surface area (Å²) in [5, 5.41) is 11.0. The second-order valence-corrected chi connectivity index (χ2v) is 12.2. The fraction of sp³-hybridized carbons (Fsp3) is 0.321. The van der Waals surface area contributed by atoms with Crippen molar-refractivity contribution < 1.29 is 32.6 Å². The molecule has 3 atom stereocenters.